The van der Waals surface area contributed by atoms with Crippen LogP contribution in [-0.4, -0.2) is 0 Å². The van der Waals surface area contributed by atoms with Gasteiger partial charge in [-0.1, -0.05) is 54.6 Å². The van der Waals surface area contributed by atoms with Crippen molar-refractivity contribution in [1.82, 2.24) is 0 Å². The zero-order valence-corrected chi connectivity index (χ0v) is 13.5. The standard InChI is InChI=1S/C18H15P.Pd/c1-4-10-16(11-5-1)19(17-12-6-2-7-13-17)18-14-8-3-9-15-18;/h1-15H;/p+1. The molecule has 2 heteroatoms. The van der Waals surface area contributed by atoms with Crippen LogP contribution in [0.15, 0.2) is 91.0 Å². The molecule has 0 bridgehead atoms. The molecule has 102 valence electrons. The van der Waals surface area contributed by atoms with Crippen LogP contribution in [0.2, 0.25) is 0 Å². The average molecular weight is 370 g/mol. The fourth-order valence-electron chi connectivity index (χ4n) is 2.31. The smallest absolute Gasteiger partial charge is 0.0620 e. The van der Waals surface area contributed by atoms with Crippen LogP contribution in [0, 0.1) is 0 Å². The van der Waals surface area contributed by atoms with E-state index in [4.69, 9.17) is 0 Å². The van der Waals surface area contributed by atoms with Gasteiger partial charge in [0.15, 0.2) is 0 Å². The van der Waals surface area contributed by atoms with Gasteiger partial charge in [-0.15, -0.1) is 0 Å². The topological polar surface area (TPSA) is 0 Å². The van der Waals surface area contributed by atoms with Gasteiger partial charge in [0.05, 0.1) is 7.92 Å². The van der Waals surface area contributed by atoms with E-state index in [1.165, 1.54) is 15.9 Å². The molecule has 3 rings (SSSR count). The van der Waals surface area contributed by atoms with Crippen molar-refractivity contribution in [3.05, 3.63) is 91.0 Å². The minimum absolute atomic E-state index is 0. The van der Waals surface area contributed by atoms with E-state index in [1.807, 2.05) is 0 Å². The maximum atomic E-state index is 2.24. The Bertz CT molecular complexity index is 529. The zero-order chi connectivity index (χ0) is 12.9. The van der Waals surface area contributed by atoms with Crippen LogP contribution in [0.5, 0.6) is 0 Å². The van der Waals surface area contributed by atoms with Gasteiger partial charge in [-0.25, -0.2) is 0 Å². The first-order valence-electron chi connectivity index (χ1n) is 6.48. The molecule has 0 saturated carbocycles. The predicted octanol–water partition coefficient (Wildman–Crippen LogP) is 3.17. The minimum Gasteiger partial charge on any atom is -0.0620 e. The molecular weight excluding hydrogens is 354 g/mol. The van der Waals surface area contributed by atoms with Gasteiger partial charge in [-0.05, 0) is 36.4 Å². The Hall–Kier alpha value is -1.25. The number of rotatable bonds is 3. The molecule has 0 aliphatic heterocycles. The quantitative estimate of drug-likeness (QED) is 0.491. The van der Waals surface area contributed by atoms with Crippen LogP contribution < -0.4 is 15.9 Å². The molecule has 0 unspecified atom stereocenters. The summed E-state index contributed by atoms with van der Waals surface area (Å²) in [6, 6.07) is 32.5. The third kappa shape index (κ3) is 3.44. The van der Waals surface area contributed by atoms with Gasteiger partial charge in [-0.3, -0.25) is 0 Å². The third-order valence-corrected chi connectivity index (χ3v) is 5.92. The molecular formula is C18H16PPd+. The molecule has 0 N–H and O–H groups in total. The van der Waals surface area contributed by atoms with Crippen molar-refractivity contribution in [1.29, 1.82) is 0 Å². The number of hydrogen-bond acceptors (Lipinski definition) is 0. The van der Waals surface area contributed by atoms with Crippen LogP contribution >= 0.6 is 7.92 Å². The summed E-state index contributed by atoms with van der Waals surface area (Å²) in [5.74, 6) is 0. The van der Waals surface area contributed by atoms with Gasteiger partial charge < -0.3 is 0 Å². The normalized spacial score (nSPS) is 10.1. The van der Waals surface area contributed by atoms with Crippen molar-refractivity contribution in [2.45, 2.75) is 0 Å². The van der Waals surface area contributed by atoms with Crippen molar-refractivity contribution in [2.24, 2.45) is 0 Å². The second-order valence-corrected chi connectivity index (χ2v) is 6.96. The van der Waals surface area contributed by atoms with E-state index in [9.17, 15) is 0 Å². The molecule has 0 nitrogen and oxygen atoms in total. The first-order chi connectivity index (χ1) is 9.45. The van der Waals surface area contributed by atoms with Gasteiger partial charge in [0.2, 0.25) is 0 Å². The molecule has 0 heterocycles. The van der Waals surface area contributed by atoms with Crippen LogP contribution in [0.4, 0.5) is 0 Å². The van der Waals surface area contributed by atoms with E-state index in [0.717, 1.165) is 0 Å². The van der Waals surface area contributed by atoms with Gasteiger partial charge in [0, 0.05) is 20.4 Å². The molecule has 3 aromatic carbocycles. The summed E-state index contributed by atoms with van der Waals surface area (Å²) in [5.41, 5.74) is 0. The Morgan fingerprint density at radius 1 is 0.400 bits per heavy atom. The Morgan fingerprint density at radius 2 is 0.650 bits per heavy atom. The first kappa shape index (κ1) is 15.1. The Labute approximate surface area is 135 Å². The molecule has 0 fully saturated rings. The van der Waals surface area contributed by atoms with Gasteiger partial charge in [-0.2, -0.15) is 0 Å². The summed E-state index contributed by atoms with van der Waals surface area (Å²) in [5, 5.41) is 4.31. The van der Waals surface area contributed by atoms with Crippen molar-refractivity contribution in [2.75, 3.05) is 0 Å². The molecule has 0 amide bonds. The zero-order valence-electron chi connectivity index (χ0n) is 11.0. The van der Waals surface area contributed by atoms with Crippen molar-refractivity contribution >= 4 is 23.8 Å². The van der Waals surface area contributed by atoms with Crippen molar-refractivity contribution in [3.8, 4) is 0 Å². The molecule has 0 aromatic heterocycles. The summed E-state index contributed by atoms with van der Waals surface area (Å²) in [4.78, 5) is 0. The van der Waals surface area contributed by atoms with Crippen LogP contribution in [0.25, 0.3) is 0 Å². The average Bonchev–Trinajstić information content (AvgIpc) is 2.51. The van der Waals surface area contributed by atoms with E-state index < -0.39 is 7.92 Å². The predicted molar refractivity (Wildman–Crippen MR) is 86.5 cm³/mol. The Balaban J connectivity index is 0.00000147. The van der Waals surface area contributed by atoms with Crippen molar-refractivity contribution < 1.29 is 20.4 Å². The van der Waals surface area contributed by atoms with Gasteiger partial charge in [0.1, 0.15) is 15.9 Å². The first-order valence-corrected chi connectivity index (χ1v) is 7.98. The third-order valence-electron chi connectivity index (χ3n) is 3.19. The van der Waals surface area contributed by atoms with Gasteiger partial charge in [0.25, 0.3) is 0 Å². The van der Waals surface area contributed by atoms with E-state index in [1.54, 1.807) is 0 Å². The maximum Gasteiger partial charge on any atom is 0.102 e. The van der Waals surface area contributed by atoms with Crippen LogP contribution in [0.3, 0.4) is 0 Å². The van der Waals surface area contributed by atoms with Crippen LogP contribution in [-0.2, 0) is 20.4 Å². The fourth-order valence-corrected chi connectivity index (χ4v) is 4.89. The SMILES string of the molecule is [Pd].c1ccc([PH+](c2ccccc2)c2ccccc2)cc1. The summed E-state index contributed by atoms with van der Waals surface area (Å²) >= 11 is 0. The fraction of sp³-hybridized carbons (Fsp3) is 0. The number of hydrogen-bond donors (Lipinski definition) is 0. The Morgan fingerprint density at radius 3 is 0.900 bits per heavy atom. The molecule has 3 aromatic rings. The molecule has 0 aliphatic carbocycles. The monoisotopic (exact) mass is 369 g/mol. The molecule has 20 heavy (non-hydrogen) atoms. The molecule has 0 atom stereocenters. The molecule has 0 spiro atoms. The van der Waals surface area contributed by atoms with Gasteiger partial charge >= 0.3 is 0 Å². The molecule has 0 aliphatic rings. The summed E-state index contributed by atoms with van der Waals surface area (Å²) in [6.45, 7) is 0. The van der Waals surface area contributed by atoms with E-state index in [0.29, 0.717) is 0 Å². The second-order valence-electron chi connectivity index (χ2n) is 4.47. The van der Waals surface area contributed by atoms with Crippen LogP contribution in [0.1, 0.15) is 0 Å². The molecule has 0 saturated heterocycles. The Kier molecular flexibility index (Phi) is 5.69. The summed E-state index contributed by atoms with van der Waals surface area (Å²) < 4.78 is 0. The minimum atomic E-state index is -0.877. The summed E-state index contributed by atoms with van der Waals surface area (Å²) in [7, 11) is -0.877. The largest absolute Gasteiger partial charge is 0.102 e. The maximum absolute atomic E-state index is 2.24. The number of benzene rings is 3. The second kappa shape index (κ2) is 7.51. The van der Waals surface area contributed by atoms with Crippen molar-refractivity contribution in [3.63, 3.8) is 0 Å². The van der Waals surface area contributed by atoms with E-state index in [-0.39, 0.29) is 20.4 Å². The molecule has 0 radical (unpaired) electrons. The summed E-state index contributed by atoms with van der Waals surface area (Å²) in [6.07, 6.45) is 0. The van der Waals surface area contributed by atoms with E-state index >= 15 is 0 Å². The van der Waals surface area contributed by atoms with E-state index in [2.05, 4.69) is 91.0 Å².